The Kier molecular flexibility index (Phi) is 4.94. The fraction of sp³-hybridized carbons (Fsp3) is 0.308. The summed E-state index contributed by atoms with van der Waals surface area (Å²) in [6.07, 6.45) is 3.50. The van der Waals surface area contributed by atoms with Crippen LogP contribution in [0.5, 0.6) is 5.75 Å². The molecule has 0 aliphatic rings. The molecule has 0 heterocycles. The second kappa shape index (κ2) is 6.52. The molecule has 3 nitrogen and oxygen atoms in total. The first-order chi connectivity index (χ1) is 7.77. The maximum Gasteiger partial charge on any atom is 0.119 e. The van der Waals surface area contributed by atoms with Crippen LogP contribution in [0.25, 0.3) is 5.70 Å². The predicted octanol–water partition coefficient (Wildman–Crippen LogP) is 2.69. The third-order valence-electron chi connectivity index (χ3n) is 2.17. The number of benzene rings is 1. The molecule has 0 spiro atoms. The van der Waals surface area contributed by atoms with Gasteiger partial charge in [-0.15, -0.1) is 0 Å². The van der Waals surface area contributed by atoms with Gasteiger partial charge in [0.05, 0.1) is 12.7 Å². The van der Waals surface area contributed by atoms with Gasteiger partial charge in [-0.05, 0) is 36.2 Å². The van der Waals surface area contributed by atoms with E-state index in [1.165, 1.54) is 6.08 Å². The molecule has 84 valence electrons. The molecule has 0 atom stereocenters. The van der Waals surface area contributed by atoms with Gasteiger partial charge in [0.1, 0.15) is 5.75 Å². The van der Waals surface area contributed by atoms with Gasteiger partial charge in [0.25, 0.3) is 0 Å². The summed E-state index contributed by atoms with van der Waals surface area (Å²) in [5.41, 5.74) is 6.99. The summed E-state index contributed by atoms with van der Waals surface area (Å²) in [7, 11) is 0. The molecule has 0 aliphatic carbocycles. The van der Waals surface area contributed by atoms with Crippen molar-refractivity contribution < 1.29 is 4.74 Å². The summed E-state index contributed by atoms with van der Waals surface area (Å²) in [4.78, 5) is 0. The molecule has 0 radical (unpaired) electrons. The van der Waals surface area contributed by atoms with Crippen LogP contribution in [-0.2, 0) is 0 Å². The second-order valence-electron chi connectivity index (χ2n) is 3.46. The SMILES string of the molecule is CCCCOc1ccc(/C(N)=C/C#N)cc1. The Bertz CT molecular complexity index is 387. The van der Waals surface area contributed by atoms with E-state index >= 15 is 0 Å². The summed E-state index contributed by atoms with van der Waals surface area (Å²) < 4.78 is 5.52. The van der Waals surface area contributed by atoms with Crippen molar-refractivity contribution in [3.05, 3.63) is 35.9 Å². The zero-order chi connectivity index (χ0) is 11.8. The summed E-state index contributed by atoms with van der Waals surface area (Å²) in [5, 5.41) is 8.46. The Morgan fingerprint density at radius 3 is 2.69 bits per heavy atom. The molecule has 3 heteroatoms. The van der Waals surface area contributed by atoms with Crippen molar-refractivity contribution in [2.45, 2.75) is 19.8 Å². The van der Waals surface area contributed by atoms with Crippen LogP contribution >= 0.6 is 0 Å². The van der Waals surface area contributed by atoms with Crippen molar-refractivity contribution in [1.29, 1.82) is 5.26 Å². The zero-order valence-corrected chi connectivity index (χ0v) is 9.44. The minimum Gasteiger partial charge on any atom is -0.494 e. The molecule has 0 aromatic heterocycles. The molecule has 0 saturated carbocycles. The largest absolute Gasteiger partial charge is 0.494 e. The van der Waals surface area contributed by atoms with Crippen LogP contribution in [0.2, 0.25) is 0 Å². The second-order valence-corrected chi connectivity index (χ2v) is 3.46. The highest BCUT2D eigenvalue weighted by atomic mass is 16.5. The highest BCUT2D eigenvalue weighted by Crippen LogP contribution is 2.15. The van der Waals surface area contributed by atoms with E-state index in [1.54, 1.807) is 0 Å². The normalized spacial score (nSPS) is 10.9. The summed E-state index contributed by atoms with van der Waals surface area (Å²) >= 11 is 0. The minimum atomic E-state index is 0.475. The van der Waals surface area contributed by atoms with E-state index in [0.717, 1.165) is 30.8 Å². The fourth-order valence-corrected chi connectivity index (χ4v) is 1.23. The molecule has 0 amide bonds. The third kappa shape index (κ3) is 3.66. The van der Waals surface area contributed by atoms with E-state index in [0.29, 0.717) is 5.70 Å². The Morgan fingerprint density at radius 2 is 2.12 bits per heavy atom. The van der Waals surface area contributed by atoms with Crippen LogP contribution in [-0.4, -0.2) is 6.61 Å². The monoisotopic (exact) mass is 216 g/mol. The van der Waals surface area contributed by atoms with Crippen molar-refractivity contribution in [2.75, 3.05) is 6.61 Å². The summed E-state index contributed by atoms with van der Waals surface area (Å²) in [5.74, 6) is 0.835. The van der Waals surface area contributed by atoms with Gasteiger partial charge in [-0.3, -0.25) is 0 Å². The number of rotatable bonds is 5. The first-order valence-corrected chi connectivity index (χ1v) is 5.36. The van der Waals surface area contributed by atoms with Crippen LogP contribution in [0, 0.1) is 11.3 Å². The van der Waals surface area contributed by atoms with Crippen LogP contribution in [0.4, 0.5) is 0 Å². The Hall–Kier alpha value is -1.95. The molecular formula is C13H16N2O. The van der Waals surface area contributed by atoms with Crippen molar-refractivity contribution in [3.63, 3.8) is 0 Å². The highest BCUT2D eigenvalue weighted by Gasteiger charge is 1.97. The number of unbranched alkanes of at least 4 members (excludes halogenated alkanes) is 1. The van der Waals surface area contributed by atoms with Crippen LogP contribution < -0.4 is 10.5 Å². The molecule has 0 unspecified atom stereocenters. The maximum atomic E-state index is 8.46. The van der Waals surface area contributed by atoms with Gasteiger partial charge in [-0.2, -0.15) is 5.26 Å². The first kappa shape index (κ1) is 12.1. The van der Waals surface area contributed by atoms with Crippen molar-refractivity contribution in [2.24, 2.45) is 5.73 Å². The molecule has 0 aliphatic heterocycles. The maximum absolute atomic E-state index is 8.46. The minimum absolute atomic E-state index is 0.475. The van der Waals surface area contributed by atoms with Gasteiger partial charge in [-0.25, -0.2) is 0 Å². The van der Waals surface area contributed by atoms with E-state index in [2.05, 4.69) is 6.92 Å². The fourth-order valence-electron chi connectivity index (χ4n) is 1.23. The van der Waals surface area contributed by atoms with Crippen LogP contribution in [0.3, 0.4) is 0 Å². The summed E-state index contributed by atoms with van der Waals surface area (Å²) in [6, 6.07) is 9.34. The van der Waals surface area contributed by atoms with E-state index in [4.69, 9.17) is 15.7 Å². The number of allylic oxidation sites excluding steroid dienone is 1. The average Bonchev–Trinajstić information content (AvgIpc) is 2.30. The van der Waals surface area contributed by atoms with Gasteiger partial charge >= 0.3 is 0 Å². The average molecular weight is 216 g/mol. The predicted molar refractivity (Wildman–Crippen MR) is 64.6 cm³/mol. The zero-order valence-electron chi connectivity index (χ0n) is 9.44. The van der Waals surface area contributed by atoms with Crippen molar-refractivity contribution in [3.8, 4) is 11.8 Å². The molecular weight excluding hydrogens is 200 g/mol. The lowest BCUT2D eigenvalue weighted by Gasteiger charge is -2.06. The lowest BCUT2D eigenvalue weighted by Crippen LogP contribution is -1.98. The lowest BCUT2D eigenvalue weighted by atomic mass is 10.1. The number of nitriles is 1. The quantitative estimate of drug-likeness (QED) is 0.608. The van der Waals surface area contributed by atoms with Crippen LogP contribution in [0.1, 0.15) is 25.3 Å². The van der Waals surface area contributed by atoms with E-state index in [9.17, 15) is 0 Å². The third-order valence-corrected chi connectivity index (χ3v) is 2.17. The molecule has 16 heavy (non-hydrogen) atoms. The van der Waals surface area contributed by atoms with Crippen LogP contribution in [0.15, 0.2) is 30.3 Å². The van der Waals surface area contributed by atoms with E-state index < -0.39 is 0 Å². The van der Waals surface area contributed by atoms with Gasteiger partial charge < -0.3 is 10.5 Å². The molecule has 2 N–H and O–H groups in total. The Balaban J connectivity index is 2.61. The Labute approximate surface area is 96.1 Å². The molecule has 0 bridgehead atoms. The van der Waals surface area contributed by atoms with Gasteiger partial charge in [0.2, 0.25) is 0 Å². The molecule has 1 rings (SSSR count). The number of hydrogen-bond donors (Lipinski definition) is 1. The lowest BCUT2D eigenvalue weighted by molar-refractivity contribution is 0.309. The topological polar surface area (TPSA) is 59.0 Å². The van der Waals surface area contributed by atoms with Gasteiger partial charge in [-0.1, -0.05) is 13.3 Å². The summed E-state index contributed by atoms with van der Waals surface area (Å²) in [6.45, 7) is 2.86. The number of hydrogen-bond acceptors (Lipinski definition) is 3. The molecule has 0 fully saturated rings. The van der Waals surface area contributed by atoms with Gasteiger partial charge in [0, 0.05) is 11.8 Å². The number of nitrogens with zero attached hydrogens (tertiary/aromatic N) is 1. The smallest absolute Gasteiger partial charge is 0.119 e. The first-order valence-electron chi connectivity index (χ1n) is 5.36. The molecule has 1 aromatic rings. The number of nitrogens with two attached hydrogens (primary N) is 1. The van der Waals surface area contributed by atoms with E-state index in [-0.39, 0.29) is 0 Å². The molecule has 1 aromatic carbocycles. The van der Waals surface area contributed by atoms with Crippen molar-refractivity contribution >= 4 is 5.70 Å². The number of ether oxygens (including phenoxy) is 1. The molecule has 0 saturated heterocycles. The van der Waals surface area contributed by atoms with Crippen molar-refractivity contribution in [1.82, 2.24) is 0 Å². The van der Waals surface area contributed by atoms with Gasteiger partial charge in [0.15, 0.2) is 0 Å². The standard InChI is InChI=1S/C13H16N2O/c1-2-3-10-16-12-6-4-11(5-7-12)13(15)8-9-14/h4-8H,2-3,10,15H2,1H3/b13-8-. The highest BCUT2D eigenvalue weighted by molar-refractivity contribution is 5.65. The Morgan fingerprint density at radius 1 is 1.44 bits per heavy atom. The van der Waals surface area contributed by atoms with E-state index in [1.807, 2.05) is 30.3 Å².